The van der Waals surface area contributed by atoms with E-state index in [1.807, 2.05) is 24.5 Å². The predicted molar refractivity (Wildman–Crippen MR) is 114 cm³/mol. The third kappa shape index (κ3) is 5.33. The zero-order valence-electron chi connectivity index (χ0n) is 16.1. The number of ether oxygens (including phenoxy) is 3. The molecule has 156 valence electrons. The minimum atomic E-state index is -0.615. The number of hydrogen-bond acceptors (Lipinski definition) is 9. The zero-order valence-corrected chi connectivity index (χ0v) is 17.8. The molecule has 0 spiro atoms. The fraction of sp³-hybridized carbons (Fsp3) is 0.421. The van der Waals surface area contributed by atoms with Crippen LogP contribution in [0.1, 0.15) is 28.6 Å². The third-order valence-electron chi connectivity index (χ3n) is 4.50. The average Bonchev–Trinajstić information content (AvgIpc) is 3.09. The van der Waals surface area contributed by atoms with E-state index < -0.39 is 30.1 Å². The molecule has 8 nitrogen and oxygen atoms in total. The van der Waals surface area contributed by atoms with E-state index >= 15 is 0 Å². The molecule has 2 heterocycles. The first-order chi connectivity index (χ1) is 14.0. The Morgan fingerprint density at radius 2 is 2.17 bits per heavy atom. The summed E-state index contributed by atoms with van der Waals surface area (Å²) in [6, 6.07) is 8.90. The molecule has 0 saturated carbocycles. The number of nitrogens with zero attached hydrogens (tertiary/aromatic N) is 2. The van der Waals surface area contributed by atoms with E-state index in [0.29, 0.717) is 17.7 Å². The molecule has 1 aromatic heterocycles. The minimum Gasteiger partial charge on any atom is -0.456 e. The number of esters is 1. The Morgan fingerprint density at radius 3 is 2.90 bits per heavy atom. The first kappa shape index (κ1) is 21.7. The van der Waals surface area contributed by atoms with E-state index in [2.05, 4.69) is 4.98 Å². The van der Waals surface area contributed by atoms with Gasteiger partial charge >= 0.3 is 11.7 Å². The summed E-state index contributed by atoms with van der Waals surface area (Å²) in [6.07, 6.45) is 2.16. The smallest absolute Gasteiger partial charge is 0.351 e. The first-order valence-electron chi connectivity index (χ1n) is 8.97. The van der Waals surface area contributed by atoms with E-state index in [-0.39, 0.29) is 12.4 Å². The second-order valence-electron chi connectivity index (χ2n) is 6.39. The largest absolute Gasteiger partial charge is 0.456 e. The number of aromatic nitrogens is 2. The average molecular weight is 438 g/mol. The van der Waals surface area contributed by atoms with Gasteiger partial charge in [0.15, 0.2) is 0 Å². The Bertz CT molecular complexity index is 907. The molecule has 1 fully saturated rings. The lowest BCUT2D eigenvalue weighted by atomic mass is 10.1. The van der Waals surface area contributed by atoms with Crippen LogP contribution in [0.5, 0.6) is 0 Å². The van der Waals surface area contributed by atoms with Gasteiger partial charge in [0.05, 0.1) is 12.2 Å². The number of benzene rings is 1. The van der Waals surface area contributed by atoms with Crippen LogP contribution in [-0.4, -0.2) is 47.7 Å². The number of anilines is 1. The molecule has 1 saturated heterocycles. The highest BCUT2D eigenvalue weighted by Crippen LogP contribution is 2.31. The van der Waals surface area contributed by atoms with Crippen molar-refractivity contribution in [3.63, 3.8) is 0 Å². The Hall–Kier alpha value is -2.01. The van der Waals surface area contributed by atoms with Crippen LogP contribution in [0.4, 0.5) is 5.82 Å². The van der Waals surface area contributed by atoms with Gasteiger partial charge < -0.3 is 19.9 Å². The van der Waals surface area contributed by atoms with Crippen molar-refractivity contribution in [1.29, 1.82) is 0 Å². The Morgan fingerprint density at radius 1 is 1.38 bits per heavy atom. The van der Waals surface area contributed by atoms with Gasteiger partial charge in [0, 0.05) is 25.5 Å². The van der Waals surface area contributed by atoms with Crippen LogP contribution in [0.25, 0.3) is 0 Å². The molecule has 1 unspecified atom stereocenters. The molecule has 1 aliphatic rings. The fourth-order valence-corrected chi connectivity index (χ4v) is 4.35. The highest BCUT2D eigenvalue weighted by Gasteiger charge is 2.39. The quantitative estimate of drug-likeness (QED) is 0.492. The molecule has 1 aliphatic heterocycles. The molecule has 0 aliphatic carbocycles. The topological polar surface area (TPSA) is 106 Å². The number of nitrogens with two attached hydrogens (primary N) is 1. The monoisotopic (exact) mass is 437 g/mol. The van der Waals surface area contributed by atoms with Crippen LogP contribution in [0.2, 0.25) is 0 Å². The van der Waals surface area contributed by atoms with Crippen LogP contribution in [-0.2, 0) is 20.0 Å². The van der Waals surface area contributed by atoms with Gasteiger partial charge in [0.1, 0.15) is 24.3 Å². The van der Waals surface area contributed by atoms with Crippen LogP contribution in [0.3, 0.4) is 0 Å². The lowest BCUT2D eigenvalue weighted by Crippen LogP contribution is -2.31. The predicted octanol–water partition coefficient (Wildman–Crippen LogP) is 2.50. The van der Waals surface area contributed by atoms with Gasteiger partial charge in [0.25, 0.3) is 0 Å². The molecule has 1 aromatic carbocycles. The molecule has 2 aromatic rings. The van der Waals surface area contributed by atoms with Gasteiger partial charge in [-0.2, -0.15) is 4.98 Å². The normalized spacial score (nSPS) is 21.2. The molecule has 29 heavy (non-hydrogen) atoms. The summed E-state index contributed by atoms with van der Waals surface area (Å²) in [4.78, 5) is 28.7. The molecular weight excluding hydrogens is 414 g/mol. The summed E-state index contributed by atoms with van der Waals surface area (Å²) >= 11 is 0. The summed E-state index contributed by atoms with van der Waals surface area (Å²) in [5.41, 5.74) is 6.47. The van der Waals surface area contributed by atoms with Crippen molar-refractivity contribution in [3.8, 4) is 0 Å². The Balaban J connectivity index is 1.76. The molecular formula is C19H23N3O5S2. The lowest BCUT2D eigenvalue weighted by molar-refractivity contribution is -0.0600. The van der Waals surface area contributed by atoms with Crippen LogP contribution in [0, 0.1) is 0 Å². The fourth-order valence-electron chi connectivity index (χ4n) is 3.12. The molecule has 10 heteroatoms. The van der Waals surface area contributed by atoms with E-state index in [4.69, 9.17) is 19.9 Å². The van der Waals surface area contributed by atoms with Crippen molar-refractivity contribution < 1.29 is 19.0 Å². The van der Waals surface area contributed by atoms with Crippen molar-refractivity contribution in [2.24, 2.45) is 0 Å². The number of rotatable bonds is 8. The molecule has 0 amide bonds. The van der Waals surface area contributed by atoms with Gasteiger partial charge in [0.2, 0.25) is 0 Å². The van der Waals surface area contributed by atoms with Gasteiger partial charge in [-0.15, -0.1) is 0 Å². The summed E-state index contributed by atoms with van der Waals surface area (Å²) in [5, 5.41) is 0. The molecule has 2 N–H and O–H groups in total. The lowest BCUT2D eigenvalue weighted by Gasteiger charge is -2.18. The first-order valence-corrected chi connectivity index (χ1v) is 11.7. The number of hydrogen-bond donors (Lipinski definition) is 1. The van der Waals surface area contributed by atoms with Gasteiger partial charge in [-0.3, -0.25) is 4.57 Å². The summed E-state index contributed by atoms with van der Waals surface area (Å²) in [5.74, 6) is 0.422. The Kier molecular flexibility index (Phi) is 7.59. The van der Waals surface area contributed by atoms with Crippen molar-refractivity contribution >= 4 is 33.4 Å². The van der Waals surface area contributed by atoms with Crippen molar-refractivity contribution in [1.82, 2.24) is 9.55 Å². The van der Waals surface area contributed by atoms with E-state index in [0.717, 1.165) is 5.56 Å². The maximum atomic E-state index is 12.9. The van der Waals surface area contributed by atoms with E-state index in [9.17, 15) is 9.59 Å². The van der Waals surface area contributed by atoms with Crippen LogP contribution >= 0.6 is 21.6 Å². The second-order valence-corrected chi connectivity index (χ2v) is 8.96. The summed E-state index contributed by atoms with van der Waals surface area (Å²) in [6.45, 7) is 0.232. The van der Waals surface area contributed by atoms with Gasteiger partial charge in [-0.25, -0.2) is 9.59 Å². The number of methoxy groups -OCH3 is 1. The maximum Gasteiger partial charge on any atom is 0.351 e. The molecule has 0 bridgehead atoms. The zero-order chi connectivity index (χ0) is 20.8. The van der Waals surface area contributed by atoms with Gasteiger partial charge in [-0.1, -0.05) is 39.8 Å². The standard InChI is InChI=1S/C19H23N3O5S2/c1-25-10-15-14(9-17(26-15)22-8-7-16(20)21-19(22)24)27-18(23)13-6-4-3-5-12(13)11-29-28-2/h3-8,14-15,17H,9-11H2,1-2H3,(H2,20,21,24)/t14?,15-,17-/m1/s1. The van der Waals surface area contributed by atoms with E-state index in [1.165, 1.54) is 16.8 Å². The van der Waals surface area contributed by atoms with E-state index in [1.54, 1.807) is 34.8 Å². The van der Waals surface area contributed by atoms with Crippen molar-refractivity contribution in [3.05, 3.63) is 58.1 Å². The minimum absolute atomic E-state index is 0.139. The summed E-state index contributed by atoms with van der Waals surface area (Å²) in [7, 11) is 4.83. The van der Waals surface area contributed by atoms with Gasteiger partial charge in [-0.05, 0) is 24.0 Å². The molecule has 3 atom stereocenters. The Labute approximate surface area is 176 Å². The molecule has 0 radical (unpaired) electrons. The number of carbonyl (C=O) groups excluding carboxylic acids is 1. The molecule has 3 rings (SSSR count). The van der Waals surface area contributed by atoms with Crippen molar-refractivity contribution in [2.75, 3.05) is 25.7 Å². The highest BCUT2D eigenvalue weighted by atomic mass is 33.1. The SMILES string of the molecule is COC[C@H]1O[C@@H](n2ccc(N)nc2=O)CC1OC(=O)c1ccccc1CSSC. The third-order valence-corrected chi connectivity index (χ3v) is 6.23. The van der Waals surface area contributed by atoms with Crippen molar-refractivity contribution in [2.45, 2.75) is 30.6 Å². The maximum absolute atomic E-state index is 12.9. The highest BCUT2D eigenvalue weighted by molar-refractivity contribution is 8.76. The van der Waals surface area contributed by atoms with Crippen LogP contribution in [0.15, 0.2) is 41.3 Å². The second kappa shape index (κ2) is 10.1. The summed E-state index contributed by atoms with van der Waals surface area (Å²) < 4.78 is 18.3. The number of carbonyl (C=O) groups is 1. The van der Waals surface area contributed by atoms with Crippen LogP contribution < -0.4 is 11.4 Å². The number of nitrogen functional groups attached to an aromatic ring is 1.